The van der Waals surface area contributed by atoms with E-state index in [-0.39, 0.29) is 11.9 Å². The fourth-order valence-corrected chi connectivity index (χ4v) is 2.79. The maximum Gasteiger partial charge on any atom is 0.123 e. The number of rotatable bonds is 4. The summed E-state index contributed by atoms with van der Waals surface area (Å²) in [7, 11) is 0. The molecule has 0 bridgehead atoms. The average molecular weight is 404 g/mol. The van der Waals surface area contributed by atoms with Crippen molar-refractivity contribution >= 4 is 34.2 Å². The Balaban J connectivity index is 2.47. The molecule has 2 rings (SSSR count). The molecule has 1 atom stereocenters. The van der Waals surface area contributed by atoms with E-state index in [0.29, 0.717) is 0 Å². The Morgan fingerprint density at radius 1 is 1.25 bits per heavy atom. The number of aryl methyl sites for hydroxylation is 1. The predicted octanol–water partition coefficient (Wildman–Crippen LogP) is 5.09. The maximum absolute atomic E-state index is 13.3. The highest BCUT2D eigenvalue weighted by Gasteiger charge is 2.16. The minimum Gasteiger partial charge on any atom is -0.307 e. The number of benzene rings is 2. The zero-order chi connectivity index (χ0) is 14.7. The summed E-state index contributed by atoms with van der Waals surface area (Å²) in [4.78, 5) is 0. The monoisotopic (exact) mass is 403 g/mol. The van der Waals surface area contributed by atoms with E-state index >= 15 is 0 Å². The fraction of sp³-hybridized carbons (Fsp3) is 0.250. The molecule has 0 saturated carbocycles. The quantitative estimate of drug-likeness (QED) is 0.701. The second-order valence-electron chi connectivity index (χ2n) is 4.67. The number of hydrogen-bond donors (Lipinski definition) is 1. The van der Waals surface area contributed by atoms with E-state index in [9.17, 15) is 4.39 Å². The van der Waals surface area contributed by atoms with Gasteiger partial charge in [0, 0.05) is 3.57 Å². The Bertz CT molecular complexity index is 615. The molecule has 1 unspecified atom stereocenters. The molecule has 0 aliphatic carbocycles. The molecule has 0 amide bonds. The lowest BCUT2D eigenvalue weighted by atomic mass is 9.95. The van der Waals surface area contributed by atoms with Gasteiger partial charge in [0.1, 0.15) is 5.82 Å². The van der Waals surface area contributed by atoms with Crippen LogP contribution in [0.2, 0.25) is 5.02 Å². The fourth-order valence-electron chi connectivity index (χ4n) is 2.27. The van der Waals surface area contributed by atoms with Crippen molar-refractivity contribution in [2.24, 2.45) is 0 Å². The SMILES string of the molecule is CCNC(c1ccc(I)c(Cl)c1)c1ccc(F)cc1C. The summed E-state index contributed by atoms with van der Waals surface area (Å²) in [6.45, 7) is 4.81. The van der Waals surface area contributed by atoms with Gasteiger partial charge in [-0.2, -0.15) is 0 Å². The summed E-state index contributed by atoms with van der Waals surface area (Å²) >= 11 is 8.42. The van der Waals surface area contributed by atoms with Gasteiger partial charge in [-0.1, -0.05) is 30.7 Å². The zero-order valence-corrected chi connectivity index (χ0v) is 14.3. The third kappa shape index (κ3) is 3.51. The minimum absolute atomic E-state index is 0.0232. The molecule has 106 valence electrons. The molecule has 1 N–H and O–H groups in total. The molecular formula is C16H16ClFIN. The van der Waals surface area contributed by atoms with E-state index in [1.807, 2.05) is 25.1 Å². The van der Waals surface area contributed by atoms with Crippen molar-refractivity contribution in [3.8, 4) is 0 Å². The van der Waals surface area contributed by atoms with Crippen LogP contribution in [-0.2, 0) is 0 Å². The standard InChI is InChI=1S/C16H16ClFIN/c1-3-20-16(11-4-7-15(19)14(17)9-11)13-6-5-12(18)8-10(13)2/h4-9,16,20H,3H2,1-2H3. The summed E-state index contributed by atoms with van der Waals surface area (Å²) < 4.78 is 14.3. The number of halogens is 3. The van der Waals surface area contributed by atoms with Crippen LogP contribution in [0.15, 0.2) is 36.4 Å². The highest BCUT2D eigenvalue weighted by Crippen LogP contribution is 2.29. The Labute approximate surface area is 137 Å². The largest absolute Gasteiger partial charge is 0.307 e. The Morgan fingerprint density at radius 2 is 2.00 bits per heavy atom. The summed E-state index contributed by atoms with van der Waals surface area (Å²) in [5, 5.41) is 4.18. The normalized spacial score (nSPS) is 12.4. The number of hydrogen-bond acceptors (Lipinski definition) is 1. The molecule has 0 radical (unpaired) electrons. The highest BCUT2D eigenvalue weighted by atomic mass is 127. The first-order chi connectivity index (χ1) is 9.52. The lowest BCUT2D eigenvalue weighted by molar-refractivity contribution is 0.610. The molecule has 0 aliphatic rings. The highest BCUT2D eigenvalue weighted by molar-refractivity contribution is 14.1. The van der Waals surface area contributed by atoms with E-state index in [2.05, 4.69) is 40.9 Å². The van der Waals surface area contributed by atoms with Gasteiger partial charge in [0.05, 0.1) is 11.1 Å². The van der Waals surface area contributed by atoms with Crippen LogP contribution in [-0.4, -0.2) is 6.54 Å². The van der Waals surface area contributed by atoms with Gasteiger partial charge in [-0.15, -0.1) is 0 Å². The number of nitrogens with one attached hydrogen (secondary N) is 1. The molecular weight excluding hydrogens is 388 g/mol. The van der Waals surface area contributed by atoms with Crippen LogP contribution in [0, 0.1) is 16.3 Å². The Hall–Kier alpha value is -0.650. The second kappa shape index (κ2) is 6.87. The molecule has 0 aliphatic heterocycles. The van der Waals surface area contributed by atoms with Gasteiger partial charge in [-0.05, 0) is 77.0 Å². The molecule has 0 spiro atoms. The first-order valence-corrected chi connectivity index (χ1v) is 7.93. The third-order valence-electron chi connectivity index (χ3n) is 3.23. The summed E-state index contributed by atoms with van der Waals surface area (Å²) in [6, 6.07) is 11.0. The van der Waals surface area contributed by atoms with Crippen LogP contribution < -0.4 is 5.32 Å². The van der Waals surface area contributed by atoms with Gasteiger partial charge in [0.15, 0.2) is 0 Å². The summed E-state index contributed by atoms with van der Waals surface area (Å²) in [6.07, 6.45) is 0. The molecule has 0 heterocycles. The van der Waals surface area contributed by atoms with E-state index in [0.717, 1.165) is 31.8 Å². The van der Waals surface area contributed by atoms with Crippen LogP contribution in [0.4, 0.5) is 4.39 Å². The lowest BCUT2D eigenvalue weighted by Crippen LogP contribution is -2.22. The van der Waals surface area contributed by atoms with Gasteiger partial charge in [-0.25, -0.2) is 4.39 Å². The smallest absolute Gasteiger partial charge is 0.123 e. The molecule has 2 aromatic carbocycles. The first-order valence-electron chi connectivity index (χ1n) is 6.47. The maximum atomic E-state index is 13.3. The van der Waals surface area contributed by atoms with Crippen molar-refractivity contribution in [2.75, 3.05) is 6.54 Å². The van der Waals surface area contributed by atoms with Crippen molar-refractivity contribution in [1.29, 1.82) is 0 Å². The van der Waals surface area contributed by atoms with Crippen LogP contribution in [0.1, 0.15) is 29.7 Å². The van der Waals surface area contributed by atoms with Crippen molar-refractivity contribution in [3.63, 3.8) is 0 Å². The van der Waals surface area contributed by atoms with Crippen LogP contribution in [0.25, 0.3) is 0 Å². The van der Waals surface area contributed by atoms with Crippen LogP contribution in [0.5, 0.6) is 0 Å². The molecule has 1 nitrogen and oxygen atoms in total. The topological polar surface area (TPSA) is 12.0 Å². The summed E-state index contributed by atoms with van der Waals surface area (Å²) in [5.41, 5.74) is 3.10. The third-order valence-corrected chi connectivity index (χ3v) is 4.80. The van der Waals surface area contributed by atoms with E-state index in [4.69, 9.17) is 11.6 Å². The molecule has 0 aromatic heterocycles. The molecule has 4 heteroatoms. The van der Waals surface area contributed by atoms with E-state index in [1.54, 1.807) is 6.07 Å². The van der Waals surface area contributed by atoms with Crippen LogP contribution >= 0.6 is 34.2 Å². The summed E-state index contributed by atoms with van der Waals surface area (Å²) in [5.74, 6) is -0.206. The second-order valence-corrected chi connectivity index (χ2v) is 6.23. The predicted molar refractivity (Wildman–Crippen MR) is 90.8 cm³/mol. The van der Waals surface area contributed by atoms with Gasteiger partial charge >= 0.3 is 0 Å². The molecule has 0 saturated heterocycles. The van der Waals surface area contributed by atoms with Gasteiger partial charge < -0.3 is 5.32 Å². The van der Waals surface area contributed by atoms with Crippen LogP contribution in [0.3, 0.4) is 0 Å². The van der Waals surface area contributed by atoms with E-state index in [1.165, 1.54) is 6.07 Å². The molecule has 2 aromatic rings. The lowest BCUT2D eigenvalue weighted by Gasteiger charge is -2.21. The van der Waals surface area contributed by atoms with Crippen molar-refractivity contribution in [1.82, 2.24) is 5.32 Å². The van der Waals surface area contributed by atoms with Gasteiger partial charge in [-0.3, -0.25) is 0 Å². The van der Waals surface area contributed by atoms with Crippen molar-refractivity contribution in [3.05, 3.63) is 67.5 Å². The Kier molecular flexibility index (Phi) is 5.41. The zero-order valence-electron chi connectivity index (χ0n) is 11.4. The van der Waals surface area contributed by atoms with Crippen molar-refractivity contribution in [2.45, 2.75) is 19.9 Å². The van der Waals surface area contributed by atoms with Crippen molar-refractivity contribution < 1.29 is 4.39 Å². The first kappa shape index (κ1) is 15.7. The Morgan fingerprint density at radius 3 is 2.60 bits per heavy atom. The van der Waals surface area contributed by atoms with Gasteiger partial charge in [0.25, 0.3) is 0 Å². The average Bonchev–Trinajstić information content (AvgIpc) is 2.40. The van der Waals surface area contributed by atoms with E-state index < -0.39 is 0 Å². The van der Waals surface area contributed by atoms with Gasteiger partial charge in [0.2, 0.25) is 0 Å². The molecule has 20 heavy (non-hydrogen) atoms. The minimum atomic E-state index is -0.206. The molecule has 0 fully saturated rings.